The minimum atomic E-state index is -4.68. The largest absolute Gasteiger partial charge is 0.573 e. The molecule has 6 N–H and O–H groups in total. The lowest BCUT2D eigenvalue weighted by Gasteiger charge is -2.23. The number of piperidine rings is 1. The van der Waals surface area contributed by atoms with E-state index in [2.05, 4.69) is 55.6 Å². The molecule has 256 valence electrons. The van der Waals surface area contributed by atoms with Crippen molar-refractivity contribution < 1.29 is 27.5 Å². The first-order valence-electron chi connectivity index (χ1n) is 15.5. The van der Waals surface area contributed by atoms with Crippen molar-refractivity contribution in [3.63, 3.8) is 0 Å². The van der Waals surface area contributed by atoms with E-state index < -0.39 is 6.36 Å². The highest BCUT2D eigenvalue weighted by atomic mass is 32.1. The van der Waals surface area contributed by atoms with E-state index in [1.165, 1.54) is 30.5 Å². The van der Waals surface area contributed by atoms with Gasteiger partial charge in [-0.2, -0.15) is 0 Å². The van der Waals surface area contributed by atoms with Gasteiger partial charge in [0.25, 0.3) is 0 Å². The van der Waals surface area contributed by atoms with Gasteiger partial charge in [0.05, 0.1) is 0 Å². The molecule has 9 nitrogen and oxygen atoms in total. The minimum absolute atomic E-state index is 0.196. The molecule has 0 atom stereocenters. The Kier molecular flexibility index (Phi) is 18.5. The molecule has 1 saturated heterocycles. The second-order valence-corrected chi connectivity index (χ2v) is 11.7. The average Bonchev–Trinajstić information content (AvgIpc) is 3.53. The summed E-state index contributed by atoms with van der Waals surface area (Å²) in [5.74, 6) is 0.510. The van der Waals surface area contributed by atoms with Crippen LogP contribution in [0.5, 0.6) is 5.75 Å². The summed E-state index contributed by atoms with van der Waals surface area (Å²) in [5.41, 5.74) is 14.2. The van der Waals surface area contributed by atoms with Gasteiger partial charge in [-0.1, -0.05) is 59.9 Å². The molecule has 4 rings (SSSR count). The van der Waals surface area contributed by atoms with Crippen LogP contribution in [0.1, 0.15) is 66.1 Å². The molecule has 0 unspecified atom stereocenters. The van der Waals surface area contributed by atoms with E-state index in [0.29, 0.717) is 25.2 Å². The molecule has 0 saturated carbocycles. The number of benzene rings is 2. The Labute approximate surface area is 278 Å². The summed E-state index contributed by atoms with van der Waals surface area (Å²) < 4.78 is 40.8. The molecule has 47 heavy (non-hydrogen) atoms. The van der Waals surface area contributed by atoms with Gasteiger partial charge >= 0.3 is 6.36 Å². The summed E-state index contributed by atoms with van der Waals surface area (Å²) in [4.78, 5) is 18.9. The van der Waals surface area contributed by atoms with Crippen molar-refractivity contribution in [2.24, 2.45) is 11.5 Å². The van der Waals surface area contributed by atoms with Crippen LogP contribution in [-0.4, -0.2) is 49.4 Å². The molecule has 1 aliphatic heterocycles. The number of allylic oxidation sites excluding steroid dienone is 3. The summed E-state index contributed by atoms with van der Waals surface area (Å²) in [7, 11) is 1.82. The molecule has 1 aromatic heterocycles. The van der Waals surface area contributed by atoms with Crippen LogP contribution in [0.25, 0.3) is 0 Å². The van der Waals surface area contributed by atoms with Gasteiger partial charge in [0.1, 0.15) is 17.0 Å². The molecule has 3 aromatic rings. The molecule has 0 bridgehead atoms. The van der Waals surface area contributed by atoms with Crippen molar-refractivity contribution >= 4 is 29.2 Å². The number of carbonyl (C=O) groups is 2. The third-order valence-electron chi connectivity index (χ3n) is 7.17. The number of nitrogens with two attached hydrogens (primary N) is 2. The number of primary amides is 1. The van der Waals surface area contributed by atoms with Crippen LogP contribution in [0, 0.1) is 0 Å². The first-order chi connectivity index (χ1) is 22.7. The number of alkyl halides is 3. The first-order valence-corrected chi connectivity index (χ1v) is 16.3. The standard InChI is InChI=1S/C20H25F3N4OS.C13H17NO.CH3NO/c1-25-19-27-26-18(29-19)12-5-4-9-16(14-24)8-3-2-7-15-10-6-11-17(13-15)28-20(21,22)23;15-10-7-11-1-3-12(4-2-11)13-5-8-14-9-6-13;2-1-3/h3,6,8,10-11,13-14H,2,4-5,7,9,12,24H2,1H3,(H,25,27);1-4,10,13-14H,5-9H2;1H,(H2,2,3)/b8-3-,16-14+;;. The normalized spacial score (nSPS) is 13.6. The predicted octanol–water partition coefficient (Wildman–Crippen LogP) is 6.22. The highest BCUT2D eigenvalue weighted by Crippen LogP contribution is 2.26. The fourth-order valence-electron chi connectivity index (χ4n) is 4.84. The molecule has 0 spiro atoms. The summed E-state index contributed by atoms with van der Waals surface area (Å²) >= 11 is 1.56. The van der Waals surface area contributed by atoms with Crippen LogP contribution in [0.15, 0.2) is 72.5 Å². The Morgan fingerprint density at radius 2 is 1.77 bits per heavy atom. The maximum atomic E-state index is 12.3. The van der Waals surface area contributed by atoms with E-state index in [-0.39, 0.29) is 12.2 Å². The van der Waals surface area contributed by atoms with Gasteiger partial charge in [0.15, 0.2) is 0 Å². The predicted molar refractivity (Wildman–Crippen MR) is 181 cm³/mol. The quantitative estimate of drug-likeness (QED) is 0.0896. The van der Waals surface area contributed by atoms with Gasteiger partial charge in [0.2, 0.25) is 11.5 Å². The molecule has 2 heterocycles. The molecule has 13 heteroatoms. The van der Waals surface area contributed by atoms with E-state index in [1.807, 2.05) is 19.2 Å². The SMILES string of the molecule is CNc1nnc(CCCCC(/C=C\CCc2cccc(OC(F)(F)F)c2)=C/N)s1.NC=O.O=CCc1ccc(C2CCNCC2)cc1. The Balaban J connectivity index is 0.000000354. The number of nitrogens with one attached hydrogen (secondary N) is 2. The van der Waals surface area contributed by atoms with E-state index in [9.17, 15) is 18.0 Å². The summed E-state index contributed by atoms with van der Waals surface area (Å²) in [6, 6.07) is 14.5. The number of carbonyl (C=O) groups excluding carboxylic acids is 2. The van der Waals surface area contributed by atoms with Crippen molar-refractivity contribution in [1.29, 1.82) is 0 Å². The van der Waals surface area contributed by atoms with E-state index in [1.54, 1.807) is 29.7 Å². The van der Waals surface area contributed by atoms with Crippen LogP contribution < -0.4 is 26.8 Å². The van der Waals surface area contributed by atoms with Gasteiger partial charge in [-0.15, -0.1) is 23.4 Å². The molecule has 1 aliphatic rings. The number of amides is 1. The topological polar surface area (TPSA) is 145 Å². The van der Waals surface area contributed by atoms with E-state index in [0.717, 1.165) is 71.9 Å². The summed E-state index contributed by atoms with van der Waals surface area (Å²) in [6.07, 6.45) is 10.1. The molecule has 2 aromatic carbocycles. The van der Waals surface area contributed by atoms with Gasteiger partial charge in [-0.05, 0) is 105 Å². The van der Waals surface area contributed by atoms with E-state index in [4.69, 9.17) is 10.5 Å². The lowest BCUT2D eigenvalue weighted by molar-refractivity contribution is -0.274. The monoisotopic (exact) mass is 674 g/mol. The highest BCUT2D eigenvalue weighted by molar-refractivity contribution is 7.15. The Hall–Kier alpha value is -4.23. The van der Waals surface area contributed by atoms with Gasteiger partial charge < -0.3 is 31.6 Å². The van der Waals surface area contributed by atoms with Crippen molar-refractivity contribution in [3.8, 4) is 5.75 Å². The number of ether oxygens (including phenoxy) is 1. The fraction of sp³-hybridized carbons (Fsp3) is 0.412. The number of hydrogen-bond donors (Lipinski definition) is 4. The Morgan fingerprint density at radius 3 is 2.38 bits per heavy atom. The number of hydrogen-bond acceptors (Lipinski definition) is 9. The number of aryl methyl sites for hydroxylation is 2. The van der Waals surface area contributed by atoms with Crippen LogP contribution >= 0.6 is 11.3 Å². The van der Waals surface area contributed by atoms with Crippen molar-refractivity contribution in [3.05, 3.63) is 94.2 Å². The Morgan fingerprint density at radius 1 is 1.04 bits per heavy atom. The van der Waals surface area contributed by atoms with Gasteiger partial charge in [-0.3, -0.25) is 4.79 Å². The molecular formula is C34H45F3N6O3S. The number of aromatic nitrogens is 2. The second kappa shape index (κ2) is 22.3. The number of nitrogens with zero attached hydrogens (tertiary/aromatic N) is 2. The lowest BCUT2D eigenvalue weighted by Crippen LogP contribution is -2.26. The molecular weight excluding hydrogens is 629 g/mol. The smallest absolute Gasteiger partial charge is 0.406 e. The second-order valence-electron chi connectivity index (χ2n) is 10.6. The number of anilines is 1. The zero-order valence-electron chi connectivity index (χ0n) is 26.7. The van der Waals surface area contributed by atoms with Crippen molar-refractivity contribution in [1.82, 2.24) is 15.5 Å². The maximum Gasteiger partial charge on any atom is 0.573 e. The minimum Gasteiger partial charge on any atom is -0.406 e. The fourth-order valence-corrected chi connectivity index (χ4v) is 5.58. The number of halogens is 3. The summed E-state index contributed by atoms with van der Waals surface area (Å²) in [6.45, 7) is 2.25. The number of unbranched alkanes of at least 4 members (excludes halogenated alkanes) is 1. The maximum absolute atomic E-state index is 12.3. The van der Waals surface area contributed by atoms with Crippen LogP contribution in [0.3, 0.4) is 0 Å². The van der Waals surface area contributed by atoms with Crippen molar-refractivity contribution in [2.45, 2.75) is 70.1 Å². The van der Waals surface area contributed by atoms with E-state index >= 15 is 0 Å². The van der Waals surface area contributed by atoms with Gasteiger partial charge in [0, 0.05) is 19.9 Å². The zero-order valence-corrected chi connectivity index (χ0v) is 27.5. The van der Waals surface area contributed by atoms with Crippen LogP contribution in [-0.2, 0) is 28.9 Å². The molecule has 0 radical (unpaired) electrons. The lowest BCUT2D eigenvalue weighted by atomic mass is 9.90. The molecule has 1 amide bonds. The van der Waals surface area contributed by atoms with Crippen LogP contribution in [0.4, 0.5) is 18.3 Å². The Bertz CT molecular complexity index is 1370. The first kappa shape index (κ1) is 39.0. The third-order valence-corrected chi connectivity index (χ3v) is 8.17. The molecule has 1 fully saturated rings. The number of aldehydes is 1. The van der Waals surface area contributed by atoms with Crippen LogP contribution in [0.2, 0.25) is 0 Å². The summed E-state index contributed by atoms with van der Waals surface area (Å²) in [5, 5.41) is 16.3. The zero-order chi connectivity index (χ0) is 34.3. The molecule has 0 aliphatic carbocycles. The average molecular weight is 675 g/mol. The highest BCUT2D eigenvalue weighted by Gasteiger charge is 2.31. The third kappa shape index (κ3) is 16.8. The van der Waals surface area contributed by atoms with Crippen molar-refractivity contribution in [2.75, 3.05) is 25.5 Å². The van der Waals surface area contributed by atoms with Gasteiger partial charge in [-0.25, -0.2) is 0 Å². The number of rotatable bonds is 14.